The highest BCUT2D eigenvalue weighted by Gasteiger charge is 2.19. The summed E-state index contributed by atoms with van der Waals surface area (Å²) in [6.07, 6.45) is 2.10. The summed E-state index contributed by atoms with van der Waals surface area (Å²) in [6, 6.07) is 10.0. The van der Waals surface area contributed by atoms with Gasteiger partial charge in [0.15, 0.2) is 12.4 Å². The molecule has 0 saturated carbocycles. The van der Waals surface area contributed by atoms with Crippen molar-refractivity contribution in [2.24, 2.45) is 0 Å². The molecule has 0 radical (unpaired) electrons. The van der Waals surface area contributed by atoms with Crippen LogP contribution in [0.2, 0.25) is 10.0 Å². The molecule has 2 amide bonds. The van der Waals surface area contributed by atoms with Gasteiger partial charge in [-0.1, -0.05) is 23.2 Å². The molecule has 142 valence electrons. The predicted molar refractivity (Wildman–Crippen MR) is 110 cm³/mol. The molecule has 0 atom stereocenters. The molecule has 5 nitrogen and oxygen atoms in total. The van der Waals surface area contributed by atoms with Crippen molar-refractivity contribution >= 4 is 56.6 Å². The van der Waals surface area contributed by atoms with Crippen LogP contribution in [0.1, 0.15) is 23.2 Å². The summed E-state index contributed by atoms with van der Waals surface area (Å²) in [5, 5.41) is 3.50. The van der Waals surface area contributed by atoms with E-state index >= 15 is 0 Å². The molecule has 2 aromatic carbocycles. The first-order chi connectivity index (χ1) is 12.9. The molecule has 0 aliphatic carbocycles. The summed E-state index contributed by atoms with van der Waals surface area (Å²) >= 11 is 15.3. The number of carbonyl (C=O) groups is 2. The number of hydrogen-bond acceptors (Lipinski definition) is 3. The van der Waals surface area contributed by atoms with Crippen LogP contribution < -0.4 is 10.1 Å². The maximum Gasteiger partial charge on any atom is 0.262 e. The smallest absolute Gasteiger partial charge is 0.262 e. The lowest BCUT2D eigenvalue weighted by Gasteiger charge is -2.15. The van der Waals surface area contributed by atoms with Gasteiger partial charge in [0, 0.05) is 29.4 Å². The Bertz CT molecular complexity index is 830. The molecule has 1 aliphatic heterocycles. The Morgan fingerprint density at radius 2 is 1.78 bits per heavy atom. The summed E-state index contributed by atoms with van der Waals surface area (Å²) in [4.78, 5) is 26.3. The molecule has 1 N–H and O–H groups in total. The molecule has 1 aliphatic rings. The number of ether oxygens (including phenoxy) is 1. The molecule has 1 fully saturated rings. The van der Waals surface area contributed by atoms with E-state index in [2.05, 4.69) is 21.2 Å². The fraction of sp³-hybridized carbons (Fsp3) is 0.263. The van der Waals surface area contributed by atoms with E-state index in [0.717, 1.165) is 25.9 Å². The van der Waals surface area contributed by atoms with Gasteiger partial charge in [0.1, 0.15) is 0 Å². The Morgan fingerprint density at radius 1 is 1.11 bits per heavy atom. The van der Waals surface area contributed by atoms with Crippen molar-refractivity contribution in [2.45, 2.75) is 12.8 Å². The van der Waals surface area contributed by atoms with Crippen LogP contribution in [0.5, 0.6) is 5.75 Å². The third-order valence-corrected chi connectivity index (χ3v) is 5.21. The van der Waals surface area contributed by atoms with Crippen molar-refractivity contribution < 1.29 is 14.3 Å². The van der Waals surface area contributed by atoms with Crippen molar-refractivity contribution in [1.82, 2.24) is 4.90 Å². The monoisotopic (exact) mass is 470 g/mol. The average molecular weight is 472 g/mol. The molecule has 0 spiro atoms. The first-order valence-electron chi connectivity index (χ1n) is 8.40. The lowest BCUT2D eigenvalue weighted by Crippen LogP contribution is -2.27. The quantitative estimate of drug-likeness (QED) is 0.666. The van der Waals surface area contributed by atoms with E-state index in [-0.39, 0.29) is 18.4 Å². The van der Waals surface area contributed by atoms with Crippen LogP contribution in [0.15, 0.2) is 40.9 Å². The summed E-state index contributed by atoms with van der Waals surface area (Å²) in [6.45, 7) is 1.39. The maximum atomic E-state index is 12.3. The zero-order valence-corrected chi connectivity index (χ0v) is 17.4. The Hall–Kier alpha value is -1.76. The number of likely N-dealkylation sites (tertiary alicyclic amines) is 1. The number of rotatable bonds is 5. The number of nitrogens with zero attached hydrogens (tertiary/aromatic N) is 1. The average Bonchev–Trinajstić information content (AvgIpc) is 3.15. The van der Waals surface area contributed by atoms with Gasteiger partial charge in [0.2, 0.25) is 0 Å². The number of halogens is 3. The third kappa shape index (κ3) is 5.15. The largest absolute Gasteiger partial charge is 0.481 e. The van der Waals surface area contributed by atoms with E-state index < -0.39 is 0 Å². The molecule has 1 saturated heterocycles. The van der Waals surface area contributed by atoms with E-state index in [9.17, 15) is 9.59 Å². The van der Waals surface area contributed by atoms with Gasteiger partial charge >= 0.3 is 0 Å². The van der Waals surface area contributed by atoms with E-state index in [1.165, 1.54) is 6.07 Å². The molecule has 3 rings (SSSR count). The van der Waals surface area contributed by atoms with Gasteiger partial charge in [-0.2, -0.15) is 0 Å². The molecule has 0 bridgehead atoms. The van der Waals surface area contributed by atoms with Crippen LogP contribution in [-0.4, -0.2) is 36.4 Å². The van der Waals surface area contributed by atoms with Crippen LogP contribution >= 0.6 is 39.1 Å². The molecule has 2 aromatic rings. The summed E-state index contributed by atoms with van der Waals surface area (Å²) in [5.41, 5.74) is 1.20. The minimum atomic E-state index is -0.341. The first-order valence-corrected chi connectivity index (χ1v) is 9.95. The van der Waals surface area contributed by atoms with Gasteiger partial charge < -0.3 is 15.0 Å². The third-order valence-electron chi connectivity index (χ3n) is 4.12. The second-order valence-electron chi connectivity index (χ2n) is 6.11. The summed E-state index contributed by atoms with van der Waals surface area (Å²) in [5.74, 6) is 0.0326. The highest BCUT2D eigenvalue weighted by atomic mass is 79.9. The van der Waals surface area contributed by atoms with Crippen LogP contribution in [-0.2, 0) is 4.79 Å². The molecular formula is C19H17BrCl2N2O3. The minimum Gasteiger partial charge on any atom is -0.481 e. The Labute approximate surface area is 175 Å². The van der Waals surface area contributed by atoms with Crippen molar-refractivity contribution in [3.8, 4) is 5.75 Å². The van der Waals surface area contributed by atoms with Gasteiger partial charge in [-0.15, -0.1) is 0 Å². The van der Waals surface area contributed by atoms with Gasteiger partial charge in [-0.25, -0.2) is 0 Å². The predicted octanol–water partition coefficient (Wildman–Crippen LogP) is 5.01. The minimum absolute atomic E-state index is 0.0240. The summed E-state index contributed by atoms with van der Waals surface area (Å²) in [7, 11) is 0. The Kier molecular flexibility index (Phi) is 6.63. The topological polar surface area (TPSA) is 58.6 Å². The highest BCUT2D eigenvalue weighted by molar-refractivity contribution is 9.10. The van der Waals surface area contributed by atoms with Gasteiger partial charge in [0.05, 0.1) is 9.50 Å². The number of nitrogens with one attached hydrogen (secondary N) is 1. The fourth-order valence-corrected chi connectivity index (χ4v) is 4.17. The van der Waals surface area contributed by atoms with E-state index in [1.807, 2.05) is 4.90 Å². The van der Waals surface area contributed by atoms with E-state index in [0.29, 0.717) is 31.5 Å². The summed E-state index contributed by atoms with van der Waals surface area (Å²) < 4.78 is 6.04. The van der Waals surface area contributed by atoms with Crippen molar-refractivity contribution in [1.29, 1.82) is 0 Å². The molecule has 27 heavy (non-hydrogen) atoms. The Balaban J connectivity index is 1.56. The fourth-order valence-electron chi connectivity index (χ4n) is 2.80. The SMILES string of the molecule is O=C(COc1c(Cl)cc(Cl)cc1Br)Nc1ccc(C(=O)N2CCCC2)cc1. The van der Waals surface area contributed by atoms with Crippen molar-refractivity contribution in [3.05, 3.63) is 56.5 Å². The van der Waals surface area contributed by atoms with Crippen LogP contribution in [0.25, 0.3) is 0 Å². The van der Waals surface area contributed by atoms with Crippen LogP contribution in [0.3, 0.4) is 0 Å². The number of hydrogen-bond donors (Lipinski definition) is 1. The number of carbonyl (C=O) groups excluding carboxylic acids is 2. The molecule has 0 aromatic heterocycles. The lowest BCUT2D eigenvalue weighted by molar-refractivity contribution is -0.118. The molecule has 8 heteroatoms. The maximum absolute atomic E-state index is 12.3. The first kappa shape index (κ1) is 20.0. The molecule has 1 heterocycles. The van der Waals surface area contributed by atoms with Crippen molar-refractivity contribution in [3.63, 3.8) is 0 Å². The standard InChI is InChI=1S/C19H17BrCl2N2O3/c20-15-9-13(21)10-16(22)18(15)27-11-17(25)23-14-5-3-12(4-6-14)19(26)24-7-1-2-8-24/h3-6,9-10H,1-2,7-8,11H2,(H,23,25). The number of anilines is 1. The van der Waals surface area contributed by atoms with Gasteiger partial charge in [-0.05, 0) is 65.2 Å². The number of amides is 2. The van der Waals surface area contributed by atoms with Crippen molar-refractivity contribution in [2.75, 3.05) is 25.0 Å². The second kappa shape index (κ2) is 8.95. The van der Waals surface area contributed by atoms with Crippen LogP contribution in [0, 0.1) is 0 Å². The lowest BCUT2D eigenvalue weighted by atomic mass is 10.2. The Morgan fingerprint density at radius 3 is 2.41 bits per heavy atom. The van der Waals surface area contributed by atoms with E-state index in [1.54, 1.807) is 30.3 Å². The zero-order chi connectivity index (χ0) is 19.4. The zero-order valence-electron chi connectivity index (χ0n) is 14.3. The van der Waals surface area contributed by atoms with E-state index in [4.69, 9.17) is 27.9 Å². The van der Waals surface area contributed by atoms with Gasteiger partial charge in [-0.3, -0.25) is 9.59 Å². The number of benzene rings is 2. The van der Waals surface area contributed by atoms with Gasteiger partial charge in [0.25, 0.3) is 11.8 Å². The second-order valence-corrected chi connectivity index (χ2v) is 7.81. The molecule has 0 unspecified atom stereocenters. The highest BCUT2D eigenvalue weighted by Crippen LogP contribution is 2.36. The van der Waals surface area contributed by atoms with Crippen LogP contribution in [0.4, 0.5) is 5.69 Å². The molecular weight excluding hydrogens is 455 g/mol. The normalized spacial score (nSPS) is 13.5.